The van der Waals surface area contributed by atoms with E-state index in [9.17, 15) is 18.0 Å². The van der Waals surface area contributed by atoms with Crippen LogP contribution in [-0.2, 0) is 26.2 Å². The first-order valence-corrected chi connectivity index (χ1v) is 15.6. The van der Waals surface area contributed by atoms with Crippen LogP contribution in [0.3, 0.4) is 0 Å². The van der Waals surface area contributed by atoms with Crippen molar-refractivity contribution in [3.63, 3.8) is 0 Å². The first-order valence-electron chi connectivity index (χ1n) is 14.2. The van der Waals surface area contributed by atoms with Crippen LogP contribution in [0.4, 0.5) is 5.69 Å². The lowest BCUT2D eigenvalue weighted by Gasteiger charge is -2.33. The van der Waals surface area contributed by atoms with Gasteiger partial charge in [0.05, 0.1) is 24.3 Å². The van der Waals surface area contributed by atoms with Crippen molar-refractivity contribution in [1.29, 1.82) is 0 Å². The lowest BCUT2D eigenvalue weighted by atomic mass is 10.1. The predicted molar refractivity (Wildman–Crippen MR) is 164 cm³/mol. The molecule has 1 atom stereocenters. The van der Waals surface area contributed by atoms with E-state index in [2.05, 4.69) is 5.32 Å². The summed E-state index contributed by atoms with van der Waals surface area (Å²) >= 11 is 0. The predicted octanol–water partition coefficient (Wildman–Crippen LogP) is 4.93. The molecule has 2 amide bonds. The second-order valence-electron chi connectivity index (χ2n) is 9.84. The molecule has 1 N–H and O–H groups in total. The topological polar surface area (TPSA) is 105 Å². The summed E-state index contributed by atoms with van der Waals surface area (Å²) < 4.78 is 39.8. The Balaban J connectivity index is 2.03. The second kappa shape index (κ2) is 15.3. The summed E-state index contributed by atoms with van der Waals surface area (Å²) in [5.41, 5.74) is 2.07. The fourth-order valence-electron chi connectivity index (χ4n) is 4.45. The van der Waals surface area contributed by atoms with E-state index >= 15 is 0 Å². The highest BCUT2D eigenvalue weighted by Gasteiger charge is 2.33. The number of nitrogens with zero attached hydrogens (tertiary/aromatic N) is 2. The Labute approximate surface area is 249 Å². The molecule has 0 heterocycles. The van der Waals surface area contributed by atoms with Crippen LogP contribution in [0, 0.1) is 6.92 Å². The Hall–Kier alpha value is -4.05. The average Bonchev–Trinajstić information content (AvgIpc) is 2.99. The van der Waals surface area contributed by atoms with Crippen LogP contribution in [-0.4, -0.2) is 58.0 Å². The number of hydrogen-bond donors (Lipinski definition) is 1. The van der Waals surface area contributed by atoms with Gasteiger partial charge < -0.3 is 19.7 Å². The van der Waals surface area contributed by atoms with Gasteiger partial charge in [0.25, 0.3) is 10.0 Å². The molecule has 0 fully saturated rings. The summed E-state index contributed by atoms with van der Waals surface area (Å²) in [5, 5.41) is 2.89. The van der Waals surface area contributed by atoms with Crippen molar-refractivity contribution in [3.8, 4) is 11.5 Å². The molecule has 0 aliphatic heterocycles. The molecule has 0 aromatic heterocycles. The van der Waals surface area contributed by atoms with Gasteiger partial charge in [-0.15, -0.1) is 0 Å². The number of nitrogens with one attached hydrogen (secondary N) is 1. The summed E-state index contributed by atoms with van der Waals surface area (Å²) in [5.74, 6) is 0.428. The molecule has 3 aromatic rings. The minimum absolute atomic E-state index is 0.0220. The number of rotatable bonds is 15. The maximum atomic E-state index is 14.1. The maximum absolute atomic E-state index is 14.1. The largest absolute Gasteiger partial charge is 0.497 e. The van der Waals surface area contributed by atoms with Gasteiger partial charge in [0.15, 0.2) is 0 Å². The zero-order valence-corrected chi connectivity index (χ0v) is 25.8. The molecule has 10 heteroatoms. The van der Waals surface area contributed by atoms with Crippen LogP contribution in [0.15, 0.2) is 77.7 Å². The number of carbonyl (C=O) groups excluding carboxylic acids is 2. The normalized spacial score (nSPS) is 11.8. The van der Waals surface area contributed by atoms with Crippen molar-refractivity contribution in [2.24, 2.45) is 0 Å². The molecule has 226 valence electrons. The molecule has 9 nitrogen and oxygen atoms in total. The van der Waals surface area contributed by atoms with Crippen molar-refractivity contribution in [3.05, 3.63) is 83.9 Å². The Kier molecular flexibility index (Phi) is 11.8. The molecular formula is C32H41N3O6S. The highest BCUT2D eigenvalue weighted by molar-refractivity contribution is 7.92. The van der Waals surface area contributed by atoms with E-state index in [1.165, 1.54) is 17.0 Å². The van der Waals surface area contributed by atoms with Crippen molar-refractivity contribution in [2.45, 2.75) is 58.0 Å². The van der Waals surface area contributed by atoms with Gasteiger partial charge in [0, 0.05) is 13.1 Å². The zero-order chi connectivity index (χ0) is 30.7. The molecule has 0 saturated carbocycles. The smallest absolute Gasteiger partial charge is 0.264 e. The van der Waals surface area contributed by atoms with E-state index < -0.39 is 28.5 Å². The number of sulfonamides is 1. The van der Waals surface area contributed by atoms with Gasteiger partial charge in [-0.25, -0.2) is 8.42 Å². The van der Waals surface area contributed by atoms with Crippen LogP contribution >= 0.6 is 0 Å². The lowest BCUT2D eigenvalue weighted by molar-refractivity contribution is -0.140. The monoisotopic (exact) mass is 595 g/mol. The number of anilines is 1. The molecule has 3 rings (SSSR count). The number of ether oxygens (including phenoxy) is 2. The number of aryl methyl sites for hydroxylation is 1. The number of benzene rings is 3. The van der Waals surface area contributed by atoms with Crippen LogP contribution in [0.25, 0.3) is 0 Å². The van der Waals surface area contributed by atoms with Crippen LogP contribution in [0.2, 0.25) is 0 Å². The van der Waals surface area contributed by atoms with Crippen molar-refractivity contribution < 1.29 is 27.5 Å². The van der Waals surface area contributed by atoms with Crippen LogP contribution in [0.5, 0.6) is 11.5 Å². The van der Waals surface area contributed by atoms with Crippen molar-refractivity contribution in [1.82, 2.24) is 10.2 Å². The van der Waals surface area contributed by atoms with Crippen LogP contribution in [0.1, 0.15) is 44.7 Å². The standard InChI is InChI=1S/C32H41N3O6S/c1-6-21-33-32(37)30(7-2)34(22-25-11-15-27(40-5)16-12-25)31(36)23-35(26-13-9-24(4)10-14-26)42(38,39)29-19-17-28(18-20-29)41-8-3/h9-20,30H,6-8,21-23H2,1-5H3,(H,33,37). The van der Waals surface area contributed by atoms with E-state index in [1.54, 1.807) is 55.6 Å². The van der Waals surface area contributed by atoms with E-state index in [0.29, 0.717) is 36.8 Å². The van der Waals surface area contributed by atoms with Gasteiger partial charge in [0.2, 0.25) is 11.8 Å². The Morgan fingerprint density at radius 3 is 2.05 bits per heavy atom. The molecule has 42 heavy (non-hydrogen) atoms. The molecule has 0 radical (unpaired) electrons. The van der Waals surface area contributed by atoms with Gasteiger partial charge >= 0.3 is 0 Å². The highest BCUT2D eigenvalue weighted by atomic mass is 32.2. The Morgan fingerprint density at radius 2 is 1.50 bits per heavy atom. The number of hydrogen-bond acceptors (Lipinski definition) is 6. The number of methoxy groups -OCH3 is 1. The quantitative estimate of drug-likeness (QED) is 0.267. The van der Waals surface area contributed by atoms with Gasteiger partial charge in [-0.1, -0.05) is 43.7 Å². The van der Waals surface area contributed by atoms with E-state index in [-0.39, 0.29) is 17.3 Å². The van der Waals surface area contributed by atoms with Gasteiger partial charge in [0.1, 0.15) is 24.1 Å². The summed E-state index contributed by atoms with van der Waals surface area (Å²) in [6.07, 6.45) is 1.10. The third-order valence-electron chi connectivity index (χ3n) is 6.77. The molecule has 1 unspecified atom stereocenters. The minimum Gasteiger partial charge on any atom is -0.497 e. The van der Waals surface area contributed by atoms with Crippen molar-refractivity contribution in [2.75, 3.05) is 31.1 Å². The van der Waals surface area contributed by atoms with E-state index in [0.717, 1.165) is 21.9 Å². The Morgan fingerprint density at radius 1 is 0.881 bits per heavy atom. The summed E-state index contributed by atoms with van der Waals surface area (Å²) in [7, 11) is -2.59. The summed E-state index contributed by atoms with van der Waals surface area (Å²) in [4.78, 5) is 28.8. The lowest BCUT2D eigenvalue weighted by Crippen LogP contribution is -2.52. The highest BCUT2D eigenvalue weighted by Crippen LogP contribution is 2.27. The third-order valence-corrected chi connectivity index (χ3v) is 8.56. The second-order valence-corrected chi connectivity index (χ2v) is 11.7. The van der Waals surface area contributed by atoms with Gasteiger partial charge in [-0.05, 0) is 80.8 Å². The van der Waals surface area contributed by atoms with Crippen molar-refractivity contribution >= 4 is 27.5 Å². The SMILES string of the molecule is CCCNC(=O)C(CC)N(Cc1ccc(OC)cc1)C(=O)CN(c1ccc(C)cc1)S(=O)(=O)c1ccc(OCC)cc1. The molecule has 0 spiro atoms. The van der Waals surface area contributed by atoms with Crippen LogP contribution < -0.4 is 19.1 Å². The summed E-state index contributed by atoms with van der Waals surface area (Å²) in [6.45, 7) is 8.08. The third kappa shape index (κ3) is 8.25. The fourth-order valence-corrected chi connectivity index (χ4v) is 5.87. The van der Waals surface area contributed by atoms with Gasteiger partial charge in [-0.2, -0.15) is 0 Å². The number of amides is 2. The fraction of sp³-hybridized carbons (Fsp3) is 0.375. The molecule has 0 aliphatic rings. The molecular weight excluding hydrogens is 554 g/mol. The summed E-state index contributed by atoms with van der Waals surface area (Å²) in [6, 6.07) is 19.5. The first kappa shape index (κ1) is 32.5. The Bertz CT molecular complexity index is 1410. The zero-order valence-electron chi connectivity index (χ0n) is 25.0. The minimum atomic E-state index is -4.16. The molecule has 0 saturated heterocycles. The average molecular weight is 596 g/mol. The van der Waals surface area contributed by atoms with E-state index in [1.807, 2.05) is 39.8 Å². The molecule has 0 bridgehead atoms. The molecule has 3 aromatic carbocycles. The molecule has 0 aliphatic carbocycles. The maximum Gasteiger partial charge on any atom is 0.264 e. The van der Waals surface area contributed by atoms with E-state index in [4.69, 9.17) is 9.47 Å². The number of carbonyl (C=O) groups is 2. The van der Waals surface area contributed by atoms with Gasteiger partial charge in [-0.3, -0.25) is 13.9 Å². The first-order chi connectivity index (χ1) is 20.1.